The highest BCUT2D eigenvalue weighted by molar-refractivity contribution is 5.79. The Hall–Kier alpha value is -3.74. The average molecular weight is 347 g/mol. The molecule has 4 rings (SSSR count). The number of hydrogen-bond donors (Lipinski definition) is 4. The molecular weight excluding hydrogens is 330 g/mol. The number of H-pyrrole nitrogens is 3. The fourth-order valence-electron chi connectivity index (χ4n) is 2.87. The second-order valence-electron chi connectivity index (χ2n) is 6.11. The lowest BCUT2D eigenvalue weighted by atomic mass is 10.2. The summed E-state index contributed by atoms with van der Waals surface area (Å²) >= 11 is 0. The molecule has 0 saturated carbocycles. The molecular formula is C19H17N5O2. The third kappa shape index (κ3) is 2.75. The van der Waals surface area contributed by atoms with Crippen molar-refractivity contribution in [2.45, 2.75) is 6.92 Å². The first-order valence-corrected chi connectivity index (χ1v) is 8.07. The summed E-state index contributed by atoms with van der Waals surface area (Å²) < 4.78 is 1.47. The van der Waals surface area contributed by atoms with Crippen molar-refractivity contribution < 1.29 is 0 Å². The minimum atomic E-state index is -0.257. The van der Waals surface area contributed by atoms with Crippen LogP contribution < -0.4 is 27.1 Å². The number of imidazole rings is 1. The number of aryl methyl sites for hydroxylation is 1. The number of fused-ring (bicyclic) bond motifs is 1. The van der Waals surface area contributed by atoms with Gasteiger partial charge in [0.05, 0.1) is 27.3 Å². The predicted octanol–water partition coefficient (Wildman–Crippen LogP) is 0.904. The van der Waals surface area contributed by atoms with E-state index in [9.17, 15) is 9.59 Å². The van der Waals surface area contributed by atoms with Crippen LogP contribution in [0.3, 0.4) is 0 Å². The molecule has 0 aliphatic heterocycles. The van der Waals surface area contributed by atoms with Gasteiger partial charge in [0.15, 0.2) is 0 Å². The third-order valence-electron chi connectivity index (χ3n) is 4.16. The lowest BCUT2D eigenvalue weighted by Gasteiger charge is -2.01. The Morgan fingerprint density at radius 3 is 2.69 bits per heavy atom. The minimum absolute atomic E-state index is 0.191. The maximum absolute atomic E-state index is 12.7. The molecule has 0 bridgehead atoms. The maximum atomic E-state index is 12.7. The first-order chi connectivity index (χ1) is 12.5. The number of benzene rings is 2. The zero-order valence-electron chi connectivity index (χ0n) is 14.1. The van der Waals surface area contributed by atoms with E-state index in [1.54, 1.807) is 18.3 Å². The molecule has 0 aliphatic carbocycles. The van der Waals surface area contributed by atoms with Crippen LogP contribution in [0.25, 0.3) is 29.5 Å². The Kier molecular flexibility index (Phi) is 3.62. The molecule has 2 aromatic heterocycles. The van der Waals surface area contributed by atoms with Crippen molar-refractivity contribution in [2.75, 3.05) is 5.32 Å². The van der Waals surface area contributed by atoms with Gasteiger partial charge in [-0.25, -0.2) is 9.48 Å². The van der Waals surface area contributed by atoms with Crippen molar-refractivity contribution >= 4 is 29.5 Å². The van der Waals surface area contributed by atoms with Crippen LogP contribution in [0, 0.1) is 6.92 Å². The molecule has 0 aliphatic rings. The number of rotatable bonds is 3. The van der Waals surface area contributed by atoms with Gasteiger partial charge in [0, 0.05) is 11.9 Å². The molecule has 0 saturated heterocycles. The van der Waals surface area contributed by atoms with Crippen LogP contribution in [0.2, 0.25) is 0 Å². The Labute approximate surface area is 147 Å². The van der Waals surface area contributed by atoms with Crippen molar-refractivity contribution in [3.8, 4) is 5.69 Å². The molecule has 7 nitrogen and oxygen atoms in total. The van der Waals surface area contributed by atoms with Crippen molar-refractivity contribution in [3.63, 3.8) is 0 Å². The van der Waals surface area contributed by atoms with E-state index in [0.29, 0.717) is 16.1 Å². The molecule has 0 radical (unpaired) electrons. The Morgan fingerprint density at radius 2 is 1.88 bits per heavy atom. The lowest BCUT2D eigenvalue weighted by molar-refractivity contribution is 0.837. The van der Waals surface area contributed by atoms with Crippen molar-refractivity contribution in [1.29, 1.82) is 0 Å². The zero-order chi connectivity index (χ0) is 18.3. The van der Waals surface area contributed by atoms with Crippen LogP contribution >= 0.6 is 0 Å². The van der Waals surface area contributed by atoms with E-state index in [1.807, 2.05) is 37.3 Å². The number of aromatic amines is 3. The van der Waals surface area contributed by atoms with Gasteiger partial charge in [0.1, 0.15) is 0 Å². The molecule has 0 amide bonds. The van der Waals surface area contributed by atoms with Crippen molar-refractivity contribution in [2.24, 2.45) is 0 Å². The monoisotopic (exact) mass is 347 g/mol. The first-order valence-electron chi connectivity index (χ1n) is 8.07. The van der Waals surface area contributed by atoms with Crippen LogP contribution in [-0.2, 0) is 0 Å². The van der Waals surface area contributed by atoms with Gasteiger partial charge in [-0.05, 0) is 42.8 Å². The van der Waals surface area contributed by atoms with Crippen LogP contribution in [-0.4, -0.2) is 19.7 Å². The summed E-state index contributed by atoms with van der Waals surface area (Å²) in [5.74, 6) is 0. The molecule has 2 aromatic carbocycles. The molecule has 2 heterocycles. The summed E-state index contributed by atoms with van der Waals surface area (Å²) in [5, 5.41) is 7.03. The molecule has 0 spiro atoms. The van der Waals surface area contributed by atoms with Gasteiger partial charge in [-0.3, -0.25) is 9.89 Å². The fourth-order valence-corrected chi connectivity index (χ4v) is 2.87. The molecule has 26 heavy (non-hydrogen) atoms. The molecule has 4 aromatic rings. The molecule has 4 N–H and O–H groups in total. The summed E-state index contributed by atoms with van der Waals surface area (Å²) in [5.41, 5.74) is 3.53. The summed E-state index contributed by atoms with van der Waals surface area (Å²) in [7, 11) is 0. The summed E-state index contributed by atoms with van der Waals surface area (Å²) in [6.45, 7) is 5.89. The van der Waals surface area contributed by atoms with Gasteiger partial charge in [-0.2, -0.15) is 0 Å². The van der Waals surface area contributed by atoms with Crippen molar-refractivity contribution in [1.82, 2.24) is 19.7 Å². The highest BCUT2D eigenvalue weighted by atomic mass is 16.1. The second kappa shape index (κ2) is 5.96. The minimum Gasteiger partial charge on any atom is -0.361 e. The van der Waals surface area contributed by atoms with Gasteiger partial charge in [-0.15, -0.1) is 0 Å². The smallest absolute Gasteiger partial charge is 0.323 e. The van der Waals surface area contributed by atoms with Crippen LogP contribution in [0.1, 0.15) is 5.56 Å². The highest BCUT2D eigenvalue weighted by Crippen LogP contribution is 2.14. The van der Waals surface area contributed by atoms with E-state index in [0.717, 1.165) is 22.5 Å². The zero-order valence-corrected chi connectivity index (χ0v) is 14.1. The van der Waals surface area contributed by atoms with E-state index in [4.69, 9.17) is 0 Å². The SMILES string of the molecule is C=c1[nH]n(-c2cccc(C)c2)c(=O)c1=CNc1ccc2[nH]c(=O)[nH]c2c1. The summed E-state index contributed by atoms with van der Waals surface area (Å²) in [4.78, 5) is 29.4. The highest BCUT2D eigenvalue weighted by Gasteiger charge is 2.05. The van der Waals surface area contributed by atoms with Crippen molar-refractivity contribution in [3.05, 3.63) is 79.4 Å². The van der Waals surface area contributed by atoms with Gasteiger partial charge >= 0.3 is 5.69 Å². The Bertz CT molecular complexity index is 1340. The summed E-state index contributed by atoms with van der Waals surface area (Å²) in [6, 6.07) is 13.0. The van der Waals surface area contributed by atoms with E-state index in [2.05, 4.69) is 27.0 Å². The molecule has 0 fully saturated rings. The van der Waals surface area contributed by atoms with E-state index in [-0.39, 0.29) is 11.2 Å². The van der Waals surface area contributed by atoms with E-state index >= 15 is 0 Å². The number of nitrogens with one attached hydrogen (secondary N) is 4. The fraction of sp³-hybridized carbons (Fsp3) is 0.0526. The van der Waals surface area contributed by atoms with Crippen LogP contribution in [0.15, 0.2) is 52.1 Å². The topological polar surface area (TPSA) is 98.5 Å². The predicted molar refractivity (Wildman–Crippen MR) is 103 cm³/mol. The third-order valence-corrected chi connectivity index (χ3v) is 4.16. The molecule has 130 valence electrons. The van der Waals surface area contributed by atoms with Gasteiger partial charge < -0.3 is 15.3 Å². The largest absolute Gasteiger partial charge is 0.361 e. The second-order valence-corrected chi connectivity index (χ2v) is 6.11. The number of nitrogens with zero attached hydrogens (tertiary/aromatic N) is 1. The number of anilines is 1. The van der Waals surface area contributed by atoms with Crippen LogP contribution in [0.5, 0.6) is 0 Å². The number of aromatic nitrogens is 4. The van der Waals surface area contributed by atoms with E-state index in [1.165, 1.54) is 4.68 Å². The summed E-state index contributed by atoms with van der Waals surface area (Å²) in [6.07, 6.45) is 1.61. The first kappa shape index (κ1) is 15.8. The van der Waals surface area contributed by atoms with Crippen LogP contribution in [0.4, 0.5) is 5.69 Å². The van der Waals surface area contributed by atoms with Gasteiger partial charge in [-0.1, -0.05) is 18.7 Å². The Balaban J connectivity index is 1.74. The molecule has 0 unspecified atom stereocenters. The Morgan fingerprint density at radius 1 is 1.08 bits per heavy atom. The van der Waals surface area contributed by atoms with Gasteiger partial charge in [0.2, 0.25) is 0 Å². The van der Waals surface area contributed by atoms with E-state index < -0.39 is 0 Å². The number of hydrogen-bond acceptors (Lipinski definition) is 3. The van der Waals surface area contributed by atoms with Gasteiger partial charge in [0.25, 0.3) is 5.56 Å². The average Bonchev–Trinajstić information content (AvgIpc) is 3.11. The lowest BCUT2D eigenvalue weighted by Crippen LogP contribution is -2.34. The normalized spacial score (nSPS) is 12.0. The molecule has 7 heteroatoms. The molecule has 0 atom stereocenters. The maximum Gasteiger partial charge on any atom is 0.323 e. The standard InChI is InChI=1S/C19H17N5O2/c1-11-4-3-5-14(8-11)24-18(25)15(12(2)23-24)10-20-13-6-7-16-17(9-13)22-19(26)21-16/h3-10,20,23H,2H2,1H3,(H2,21,22,26). The quantitative estimate of drug-likeness (QED) is 0.443.